The van der Waals surface area contributed by atoms with Crippen molar-refractivity contribution in [3.05, 3.63) is 40.1 Å². The Bertz CT molecular complexity index is 580. The number of aliphatic hydroxyl groups is 1. The van der Waals surface area contributed by atoms with E-state index in [0.717, 1.165) is 0 Å². The van der Waals surface area contributed by atoms with E-state index in [1.165, 1.54) is 10.9 Å². The lowest BCUT2D eigenvalue weighted by atomic mass is 10.3. The van der Waals surface area contributed by atoms with Crippen LogP contribution in [0.1, 0.15) is 5.69 Å². The zero-order valence-electron chi connectivity index (χ0n) is 9.68. The van der Waals surface area contributed by atoms with E-state index >= 15 is 0 Å². The molecule has 0 atom stereocenters. The second kappa shape index (κ2) is 6.01. The molecule has 0 aliphatic rings. The third-order valence-electron chi connectivity index (χ3n) is 2.28. The van der Waals surface area contributed by atoms with Gasteiger partial charge in [-0.25, -0.2) is 4.68 Å². The third-order valence-corrected chi connectivity index (χ3v) is 2.91. The molecule has 2 rings (SSSR count). The lowest BCUT2D eigenvalue weighted by molar-refractivity contribution is -0.116. The van der Waals surface area contributed by atoms with E-state index in [9.17, 15) is 4.79 Å². The summed E-state index contributed by atoms with van der Waals surface area (Å²) < 4.78 is 1.31. The molecule has 19 heavy (non-hydrogen) atoms. The summed E-state index contributed by atoms with van der Waals surface area (Å²) in [5.41, 5.74) is 0.752. The molecule has 0 fully saturated rings. The van der Waals surface area contributed by atoms with E-state index in [2.05, 4.69) is 15.6 Å². The number of halogens is 2. The van der Waals surface area contributed by atoms with Gasteiger partial charge in [0.25, 0.3) is 0 Å². The predicted octanol–water partition coefficient (Wildman–Crippen LogP) is 1.72. The van der Waals surface area contributed by atoms with Crippen LogP contribution in [0.15, 0.2) is 24.4 Å². The van der Waals surface area contributed by atoms with Crippen LogP contribution < -0.4 is 5.32 Å². The fraction of sp³-hybridized carbons (Fsp3) is 0.182. The average molecular weight is 301 g/mol. The lowest BCUT2D eigenvalue weighted by Crippen LogP contribution is -2.19. The van der Waals surface area contributed by atoms with Crippen molar-refractivity contribution in [2.24, 2.45) is 0 Å². The number of aliphatic hydroxyl groups excluding tert-OH is 1. The van der Waals surface area contributed by atoms with Crippen molar-refractivity contribution in [2.45, 2.75) is 13.2 Å². The van der Waals surface area contributed by atoms with Gasteiger partial charge >= 0.3 is 0 Å². The van der Waals surface area contributed by atoms with Gasteiger partial charge in [-0.2, -0.15) is 0 Å². The van der Waals surface area contributed by atoms with Crippen LogP contribution in [0, 0.1) is 0 Å². The minimum atomic E-state index is -0.343. The van der Waals surface area contributed by atoms with E-state index in [0.29, 0.717) is 21.4 Å². The molecule has 2 N–H and O–H groups in total. The van der Waals surface area contributed by atoms with Crippen molar-refractivity contribution in [1.29, 1.82) is 0 Å². The molecular weight excluding hydrogens is 291 g/mol. The van der Waals surface area contributed by atoms with Crippen molar-refractivity contribution in [2.75, 3.05) is 5.32 Å². The summed E-state index contributed by atoms with van der Waals surface area (Å²) in [4.78, 5) is 11.8. The van der Waals surface area contributed by atoms with Crippen LogP contribution in [-0.4, -0.2) is 26.0 Å². The van der Waals surface area contributed by atoms with E-state index in [1.54, 1.807) is 18.2 Å². The van der Waals surface area contributed by atoms with E-state index in [1.807, 2.05) is 0 Å². The monoisotopic (exact) mass is 300 g/mol. The molecule has 0 spiro atoms. The van der Waals surface area contributed by atoms with Crippen molar-refractivity contribution in [1.82, 2.24) is 15.0 Å². The molecule has 0 radical (unpaired) electrons. The van der Waals surface area contributed by atoms with Crippen LogP contribution in [-0.2, 0) is 17.9 Å². The topological polar surface area (TPSA) is 80.0 Å². The zero-order chi connectivity index (χ0) is 13.8. The Morgan fingerprint density at radius 1 is 1.37 bits per heavy atom. The first-order chi connectivity index (χ1) is 9.10. The number of hydrogen-bond donors (Lipinski definition) is 2. The maximum Gasteiger partial charge on any atom is 0.246 e. The molecule has 1 heterocycles. The molecule has 0 saturated carbocycles. The number of carbonyl (C=O) groups excluding carboxylic acids is 1. The average Bonchev–Trinajstić information content (AvgIpc) is 2.81. The number of hydrogen-bond acceptors (Lipinski definition) is 4. The number of para-hydroxylation sites is 1. The van der Waals surface area contributed by atoms with Crippen molar-refractivity contribution < 1.29 is 9.90 Å². The number of carbonyl (C=O) groups is 1. The van der Waals surface area contributed by atoms with Gasteiger partial charge < -0.3 is 10.4 Å². The fourth-order valence-corrected chi connectivity index (χ4v) is 1.92. The summed E-state index contributed by atoms with van der Waals surface area (Å²) in [5.74, 6) is -0.343. The van der Waals surface area contributed by atoms with Crippen molar-refractivity contribution in [3.63, 3.8) is 0 Å². The summed E-state index contributed by atoms with van der Waals surface area (Å²) in [6.45, 7) is -0.271. The number of benzene rings is 1. The Balaban J connectivity index is 2.05. The minimum Gasteiger partial charge on any atom is -0.390 e. The largest absolute Gasteiger partial charge is 0.390 e. The van der Waals surface area contributed by atoms with Gasteiger partial charge in [0.15, 0.2) is 0 Å². The first kappa shape index (κ1) is 13.8. The van der Waals surface area contributed by atoms with Crippen molar-refractivity contribution >= 4 is 34.8 Å². The van der Waals surface area contributed by atoms with E-state index < -0.39 is 0 Å². The van der Waals surface area contributed by atoms with Crippen molar-refractivity contribution in [3.8, 4) is 0 Å². The molecule has 0 saturated heterocycles. The number of amides is 1. The minimum absolute atomic E-state index is 0.0471. The second-order valence-corrected chi connectivity index (χ2v) is 4.52. The fourth-order valence-electron chi connectivity index (χ4n) is 1.43. The number of rotatable bonds is 4. The normalized spacial score (nSPS) is 10.5. The lowest BCUT2D eigenvalue weighted by Gasteiger charge is -2.08. The molecule has 0 aliphatic carbocycles. The summed E-state index contributed by atoms with van der Waals surface area (Å²) in [6.07, 6.45) is 1.48. The first-order valence-corrected chi connectivity index (χ1v) is 6.09. The highest BCUT2D eigenvalue weighted by Crippen LogP contribution is 2.29. The molecule has 2 aromatic rings. The molecule has 6 nitrogen and oxygen atoms in total. The SMILES string of the molecule is O=C(Cn1cc(CO)nn1)Nc1c(Cl)cccc1Cl. The number of nitrogens with zero attached hydrogens (tertiary/aromatic N) is 3. The predicted molar refractivity (Wildman–Crippen MR) is 71.0 cm³/mol. The highest BCUT2D eigenvalue weighted by atomic mass is 35.5. The van der Waals surface area contributed by atoms with Crippen LogP contribution in [0.3, 0.4) is 0 Å². The van der Waals surface area contributed by atoms with Gasteiger partial charge in [-0.05, 0) is 12.1 Å². The van der Waals surface area contributed by atoms with Crippen LogP contribution in [0.25, 0.3) is 0 Å². The van der Waals surface area contributed by atoms with Gasteiger partial charge in [0.1, 0.15) is 12.2 Å². The maximum absolute atomic E-state index is 11.8. The van der Waals surface area contributed by atoms with E-state index in [4.69, 9.17) is 28.3 Å². The molecule has 1 aromatic carbocycles. The number of nitrogens with one attached hydrogen (secondary N) is 1. The van der Waals surface area contributed by atoms with Crippen LogP contribution in [0.5, 0.6) is 0 Å². The summed E-state index contributed by atoms with van der Waals surface area (Å²) >= 11 is 11.9. The quantitative estimate of drug-likeness (QED) is 0.901. The van der Waals surface area contributed by atoms with Gasteiger partial charge in [-0.3, -0.25) is 4.79 Å². The molecule has 1 aromatic heterocycles. The van der Waals surface area contributed by atoms with Gasteiger partial charge in [0, 0.05) is 0 Å². The molecule has 100 valence electrons. The molecule has 8 heteroatoms. The zero-order valence-corrected chi connectivity index (χ0v) is 11.2. The number of anilines is 1. The summed E-state index contributed by atoms with van der Waals surface area (Å²) in [6, 6.07) is 4.94. The summed E-state index contributed by atoms with van der Waals surface area (Å²) in [7, 11) is 0. The highest BCUT2D eigenvalue weighted by molar-refractivity contribution is 6.39. The van der Waals surface area contributed by atoms with Crippen LogP contribution >= 0.6 is 23.2 Å². The highest BCUT2D eigenvalue weighted by Gasteiger charge is 2.11. The van der Waals surface area contributed by atoms with Gasteiger partial charge in [-0.15, -0.1) is 5.10 Å². The Morgan fingerprint density at radius 3 is 2.63 bits per heavy atom. The molecule has 0 aliphatic heterocycles. The van der Waals surface area contributed by atoms with Crippen LogP contribution in [0.2, 0.25) is 10.0 Å². The number of aromatic nitrogens is 3. The molecule has 0 bridgehead atoms. The maximum atomic E-state index is 11.8. The van der Waals surface area contributed by atoms with E-state index in [-0.39, 0.29) is 19.1 Å². The molecule has 1 amide bonds. The van der Waals surface area contributed by atoms with Gasteiger partial charge in [-0.1, -0.05) is 34.5 Å². The first-order valence-electron chi connectivity index (χ1n) is 5.34. The molecular formula is C11H10Cl2N4O2. The summed E-state index contributed by atoms with van der Waals surface area (Å²) in [5, 5.41) is 19.5. The Hall–Kier alpha value is -1.63. The van der Waals surface area contributed by atoms with Gasteiger partial charge in [0.2, 0.25) is 5.91 Å². The van der Waals surface area contributed by atoms with Crippen LogP contribution in [0.4, 0.5) is 5.69 Å². The van der Waals surface area contributed by atoms with Gasteiger partial charge in [0.05, 0.1) is 28.5 Å². The second-order valence-electron chi connectivity index (χ2n) is 3.71. The molecule has 0 unspecified atom stereocenters. The Labute approximate surface area is 118 Å². The third kappa shape index (κ3) is 3.44. The Morgan fingerprint density at radius 2 is 2.05 bits per heavy atom. The standard InChI is InChI=1S/C11H10Cl2N4O2/c12-8-2-1-3-9(13)11(8)14-10(19)5-17-4-7(6-18)15-16-17/h1-4,18H,5-6H2,(H,14,19). The smallest absolute Gasteiger partial charge is 0.246 e. The Kier molecular flexibility index (Phi) is 4.36.